The number of aliphatic hydroxyl groups is 1. The fourth-order valence-corrected chi connectivity index (χ4v) is 4.26. The third-order valence-corrected chi connectivity index (χ3v) is 6.74. The van der Waals surface area contributed by atoms with Crippen molar-refractivity contribution in [3.63, 3.8) is 0 Å². The van der Waals surface area contributed by atoms with Crippen LogP contribution in [-0.2, 0) is 12.0 Å². The van der Waals surface area contributed by atoms with Gasteiger partial charge in [0.05, 0.1) is 17.7 Å². The molecular formula is C28H32F5N2O3P. The summed E-state index contributed by atoms with van der Waals surface area (Å²) < 4.78 is 74.4. The molecule has 0 aliphatic heterocycles. The molecule has 0 bridgehead atoms. The minimum Gasteiger partial charge on any atom is -0.450 e. The van der Waals surface area contributed by atoms with Gasteiger partial charge in [-0.05, 0) is 70.3 Å². The monoisotopic (exact) mass is 570 g/mol. The number of carbonyl (C=O) groups excluding carboxylic acids is 1. The largest absolute Gasteiger partial charge is 0.450 e. The average molecular weight is 571 g/mol. The Morgan fingerprint density at radius 2 is 1.92 bits per heavy atom. The van der Waals surface area contributed by atoms with Crippen molar-refractivity contribution in [2.75, 3.05) is 6.61 Å². The molecule has 5 nitrogen and oxygen atoms in total. The first-order chi connectivity index (χ1) is 18.4. The van der Waals surface area contributed by atoms with Crippen LogP contribution in [0.4, 0.5) is 26.7 Å². The zero-order chi connectivity index (χ0) is 28.7. The van der Waals surface area contributed by atoms with E-state index < -0.39 is 46.5 Å². The van der Waals surface area contributed by atoms with Crippen molar-refractivity contribution >= 4 is 15.3 Å². The summed E-state index contributed by atoms with van der Waals surface area (Å²) >= 11 is 0. The second-order valence-electron chi connectivity index (χ2n) is 9.64. The maximum atomic E-state index is 14.9. The Labute approximate surface area is 226 Å². The summed E-state index contributed by atoms with van der Waals surface area (Å²) in [5.41, 5.74) is -4.94. The average Bonchev–Trinajstić information content (AvgIpc) is 3.63. The number of hydrogen-bond donors (Lipinski definition) is 3. The first kappa shape index (κ1) is 30.6. The highest BCUT2D eigenvalue weighted by Crippen LogP contribution is 2.38. The van der Waals surface area contributed by atoms with Gasteiger partial charge in [-0.15, -0.1) is 0 Å². The highest BCUT2D eigenvalue weighted by molar-refractivity contribution is 7.18. The molecule has 3 N–H and O–H groups in total. The first-order valence-electron chi connectivity index (χ1n) is 12.5. The highest BCUT2D eigenvalue weighted by Gasteiger charge is 2.45. The molecule has 1 fully saturated rings. The van der Waals surface area contributed by atoms with E-state index in [4.69, 9.17) is 4.74 Å². The van der Waals surface area contributed by atoms with Crippen molar-refractivity contribution in [3.05, 3.63) is 89.5 Å². The molecular weight excluding hydrogens is 538 g/mol. The zero-order valence-corrected chi connectivity index (χ0v) is 22.6. The molecule has 2 amide bonds. The fraction of sp³-hybridized carbons (Fsp3) is 0.393. The van der Waals surface area contributed by atoms with E-state index in [1.165, 1.54) is 27.5 Å². The number of ether oxygens (including phenoxy) is 1. The Bertz CT molecular complexity index is 1190. The number of amides is 2. The number of nitrogens with one attached hydrogen (secondary N) is 2. The summed E-state index contributed by atoms with van der Waals surface area (Å²) in [6, 6.07) is 11.2. The van der Waals surface area contributed by atoms with Crippen molar-refractivity contribution in [2.45, 2.75) is 62.1 Å². The zero-order valence-electron chi connectivity index (χ0n) is 21.4. The smallest absolute Gasteiger partial charge is 0.319 e. The molecule has 0 aromatic heterocycles. The molecule has 2 aromatic rings. The van der Waals surface area contributed by atoms with E-state index in [0.717, 1.165) is 18.2 Å². The Morgan fingerprint density at radius 3 is 2.51 bits per heavy atom. The van der Waals surface area contributed by atoms with Crippen LogP contribution in [0.3, 0.4) is 0 Å². The predicted octanol–water partition coefficient (Wildman–Crippen LogP) is 6.44. The van der Waals surface area contributed by atoms with Gasteiger partial charge in [0, 0.05) is 12.5 Å². The van der Waals surface area contributed by atoms with Crippen molar-refractivity contribution < 1.29 is 36.6 Å². The summed E-state index contributed by atoms with van der Waals surface area (Å²) in [5, 5.41) is 15.2. The first-order valence-corrected chi connectivity index (χ1v) is 13.0. The van der Waals surface area contributed by atoms with E-state index in [9.17, 15) is 31.9 Å². The van der Waals surface area contributed by atoms with Gasteiger partial charge in [0.2, 0.25) is 0 Å². The number of aliphatic hydroxyl groups excluding tert-OH is 1. The molecule has 0 spiro atoms. The molecule has 212 valence electrons. The molecule has 0 heterocycles. The molecule has 3 rings (SSSR count). The number of rotatable bonds is 13. The molecule has 39 heavy (non-hydrogen) atoms. The van der Waals surface area contributed by atoms with Crippen LogP contribution in [0, 0.1) is 5.82 Å². The van der Waals surface area contributed by atoms with Crippen molar-refractivity contribution in [1.29, 1.82) is 0 Å². The molecule has 1 aliphatic rings. The van der Waals surface area contributed by atoms with Crippen molar-refractivity contribution in [1.82, 2.24) is 10.6 Å². The molecule has 2 aromatic carbocycles. The highest BCUT2D eigenvalue weighted by atomic mass is 31.0. The third-order valence-electron chi connectivity index (χ3n) is 6.37. The molecule has 11 heteroatoms. The van der Waals surface area contributed by atoms with Gasteiger partial charge in [-0.2, -0.15) is 4.39 Å². The van der Waals surface area contributed by atoms with E-state index in [1.54, 1.807) is 37.3 Å². The standard InChI is InChI=1S/C28H32F5N2O3P/c1-2-7-21(29)10-6-11-27(17-19-8-4-3-5-9-19,35-25(37)34-26(18-36)12-13-26)20-14-22(30)16-23(15-20)38-28(33,39)24(31)32/h3-10,14-16,24,36H,2,11-13,17-18,39H2,1H3,(H2,34,35,37)/b10-6-,21-7+/t27-,28?/m0/s1. The summed E-state index contributed by atoms with van der Waals surface area (Å²) in [6.45, 7) is 1.48. The molecule has 0 saturated heterocycles. The molecule has 3 atom stereocenters. The number of allylic oxidation sites excluding steroid dienone is 3. The van der Waals surface area contributed by atoms with Gasteiger partial charge in [0.15, 0.2) is 0 Å². The van der Waals surface area contributed by atoms with Gasteiger partial charge in [-0.3, -0.25) is 0 Å². The number of alkyl halides is 3. The topological polar surface area (TPSA) is 70.6 Å². The van der Waals surface area contributed by atoms with Crippen molar-refractivity contribution in [3.8, 4) is 5.75 Å². The van der Waals surface area contributed by atoms with E-state index >= 15 is 0 Å². The summed E-state index contributed by atoms with van der Waals surface area (Å²) in [5.74, 6) is -1.97. The minimum atomic E-state index is -3.54. The molecule has 1 aliphatic carbocycles. The third kappa shape index (κ3) is 8.51. The SMILES string of the molecule is CC/C=C(F)\C=C/C[C@@](Cc1ccccc1)(NC(=O)NC1(CO)CC1)c1cc(F)cc(OC(F)(P)C(F)F)c1. The summed E-state index contributed by atoms with van der Waals surface area (Å²) in [7, 11) is 1.26. The number of hydrogen-bond acceptors (Lipinski definition) is 3. The number of urea groups is 1. The van der Waals surface area contributed by atoms with Crippen LogP contribution in [-0.4, -0.2) is 35.3 Å². The van der Waals surface area contributed by atoms with Crippen LogP contribution in [0.5, 0.6) is 5.75 Å². The Balaban J connectivity index is 2.11. The lowest BCUT2D eigenvalue weighted by Crippen LogP contribution is -2.54. The van der Waals surface area contributed by atoms with Gasteiger partial charge < -0.3 is 20.5 Å². The lowest BCUT2D eigenvalue weighted by Gasteiger charge is -2.36. The minimum absolute atomic E-state index is 0.0637. The lowest BCUT2D eigenvalue weighted by atomic mass is 9.80. The molecule has 0 radical (unpaired) electrons. The van der Waals surface area contributed by atoms with Gasteiger partial charge in [-0.25, -0.2) is 22.4 Å². The summed E-state index contributed by atoms with van der Waals surface area (Å²) in [4.78, 5) is 13.2. The van der Waals surface area contributed by atoms with E-state index in [1.807, 2.05) is 0 Å². The van der Waals surface area contributed by atoms with Crippen LogP contribution < -0.4 is 15.4 Å². The normalized spacial score (nSPS) is 17.9. The van der Waals surface area contributed by atoms with Gasteiger partial charge in [0.25, 0.3) is 0 Å². The van der Waals surface area contributed by atoms with Crippen molar-refractivity contribution in [2.24, 2.45) is 0 Å². The van der Waals surface area contributed by atoms with Crippen LogP contribution in [0.1, 0.15) is 43.7 Å². The Kier molecular flexibility index (Phi) is 10.1. The van der Waals surface area contributed by atoms with Crippen LogP contribution in [0.2, 0.25) is 0 Å². The van der Waals surface area contributed by atoms with Gasteiger partial charge >= 0.3 is 18.1 Å². The van der Waals surface area contributed by atoms with Gasteiger partial charge in [-0.1, -0.05) is 43.3 Å². The van der Waals surface area contributed by atoms with Gasteiger partial charge in [0.1, 0.15) is 17.4 Å². The quantitative estimate of drug-likeness (QED) is 0.148. The Hall–Kier alpha value is -2.97. The van der Waals surface area contributed by atoms with E-state index in [-0.39, 0.29) is 25.0 Å². The fourth-order valence-electron chi connectivity index (χ4n) is 4.13. The number of carbonyl (C=O) groups is 1. The Morgan fingerprint density at radius 1 is 1.23 bits per heavy atom. The van der Waals surface area contributed by atoms with Crippen LogP contribution in [0.25, 0.3) is 0 Å². The van der Waals surface area contributed by atoms with Crippen LogP contribution >= 0.6 is 9.24 Å². The number of halogens is 5. The lowest BCUT2D eigenvalue weighted by molar-refractivity contribution is -0.0971. The summed E-state index contributed by atoms with van der Waals surface area (Å²) in [6.07, 6.45) is 2.06. The second-order valence-corrected chi connectivity index (χ2v) is 10.4. The maximum Gasteiger partial charge on any atom is 0.319 e. The molecule has 2 unspecified atom stereocenters. The van der Waals surface area contributed by atoms with E-state index in [0.29, 0.717) is 24.8 Å². The van der Waals surface area contributed by atoms with Crippen LogP contribution in [0.15, 0.2) is 72.6 Å². The molecule has 1 saturated carbocycles. The number of benzene rings is 2. The maximum absolute atomic E-state index is 14.9. The second kappa shape index (κ2) is 12.9. The predicted molar refractivity (Wildman–Crippen MR) is 142 cm³/mol. The van der Waals surface area contributed by atoms with E-state index in [2.05, 4.69) is 10.6 Å².